The minimum absolute atomic E-state index is 0.0166. The van der Waals surface area contributed by atoms with Gasteiger partial charge in [0.25, 0.3) is 0 Å². The summed E-state index contributed by atoms with van der Waals surface area (Å²) in [5.41, 5.74) is 12.0. The number of fused-ring (bicyclic) bond motifs is 10. The Kier molecular flexibility index (Phi) is 7.74. The van der Waals surface area contributed by atoms with Crippen molar-refractivity contribution >= 4 is 22.5 Å². The molecule has 0 bridgehead atoms. The third kappa shape index (κ3) is 4.89. The van der Waals surface area contributed by atoms with Crippen molar-refractivity contribution in [3.8, 4) is 22.6 Å². The van der Waals surface area contributed by atoms with Crippen LogP contribution in [0.15, 0.2) is 91.0 Å². The lowest BCUT2D eigenvalue weighted by molar-refractivity contribution is 0.122. The van der Waals surface area contributed by atoms with Crippen LogP contribution < -0.4 is 14.4 Å². The van der Waals surface area contributed by atoms with Crippen molar-refractivity contribution in [2.24, 2.45) is 0 Å². The van der Waals surface area contributed by atoms with Gasteiger partial charge in [-0.15, -0.1) is 0 Å². The predicted molar refractivity (Wildman–Crippen MR) is 202 cm³/mol. The van der Waals surface area contributed by atoms with E-state index < -0.39 is 5.60 Å². The highest BCUT2D eigenvalue weighted by Gasteiger charge is 2.48. The lowest BCUT2D eigenvalue weighted by Crippen LogP contribution is -2.37. The van der Waals surface area contributed by atoms with Gasteiger partial charge in [0, 0.05) is 46.3 Å². The number of hydrogen-bond donors (Lipinski definition) is 1. The summed E-state index contributed by atoms with van der Waals surface area (Å²) in [4.78, 5) is 2.39. The van der Waals surface area contributed by atoms with Crippen LogP contribution in [-0.4, -0.2) is 44.6 Å². The van der Waals surface area contributed by atoms with Crippen molar-refractivity contribution in [2.75, 3.05) is 44.4 Å². The molecule has 2 aliphatic heterocycles. The number of aliphatic hydroxyl groups excluding tert-OH is 1. The zero-order valence-electron chi connectivity index (χ0n) is 29.1. The molecule has 50 heavy (non-hydrogen) atoms. The SMILES string of the molecule is Cc1ccc2c(c1)C1(CCCCC1)c1c3c(c4cc(C)ccc4c1-2)OC(c1ccc(OCCO)cc1)(c1ccc(N2CCOCC2)cc1)C=C3. The van der Waals surface area contributed by atoms with E-state index in [4.69, 9.17) is 14.2 Å². The molecule has 1 N–H and O–H groups in total. The first-order valence-electron chi connectivity index (χ1n) is 18.4. The molecule has 5 aromatic carbocycles. The number of hydrogen-bond acceptors (Lipinski definition) is 5. The highest BCUT2D eigenvalue weighted by molar-refractivity contribution is 6.08. The molecule has 1 atom stereocenters. The molecule has 4 aliphatic rings. The maximum absolute atomic E-state index is 9.36. The fraction of sp³-hybridized carbons (Fsp3) is 0.333. The number of aliphatic hydroxyl groups is 1. The molecule has 1 spiro atoms. The fourth-order valence-electron chi connectivity index (χ4n) is 9.30. The lowest BCUT2D eigenvalue weighted by Gasteiger charge is -2.41. The Morgan fingerprint density at radius 2 is 1.48 bits per heavy atom. The molecule has 0 amide bonds. The first-order valence-corrected chi connectivity index (χ1v) is 18.4. The average molecular weight is 664 g/mol. The number of anilines is 1. The zero-order chi connectivity index (χ0) is 33.9. The zero-order valence-corrected chi connectivity index (χ0v) is 29.1. The second-order valence-electron chi connectivity index (χ2n) is 14.6. The van der Waals surface area contributed by atoms with Crippen molar-refractivity contribution in [2.45, 2.75) is 57.0 Å². The standard InChI is InChI=1S/C45H45NO4/c1-30-6-16-36-39(28-30)43-38(42-41(36)37-17-7-31(2)29-40(37)44(42)19-4-3-5-20-44)18-21-45(50-43,33-10-14-35(15-11-33)49-27-24-47)32-8-12-34(13-9-32)46-22-25-48-26-23-46/h6-18,21,28-29,47H,3-5,19-20,22-27H2,1-2H3. The Morgan fingerprint density at radius 1 is 0.780 bits per heavy atom. The van der Waals surface area contributed by atoms with Crippen molar-refractivity contribution in [3.63, 3.8) is 0 Å². The summed E-state index contributed by atoms with van der Waals surface area (Å²) >= 11 is 0. The summed E-state index contributed by atoms with van der Waals surface area (Å²) in [6.07, 6.45) is 10.8. The smallest absolute Gasteiger partial charge is 0.178 e. The Balaban J connectivity index is 1.27. The van der Waals surface area contributed by atoms with Crippen molar-refractivity contribution < 1.29 is 19.3 Å². The molecule has 5 aromatic rings. The number of nitrogens with zero attached hydrogens (tertiary/aromatic N) is 1. The molecular weight excluding hydrogens is 618 g/mol. The number of rotatable bonds is 6. The topological polar surface area (TPSA) is 51.2 Å². The largest absolute Gasteiger partial charge is 0.491 e. The average Bonchev–Trinajstić information content (AvgIpc) is 3.43. The summed E-state index contributed by atoms with van der Waals surface area (Å²) in [6, 6.07) is 31.2. The van der Waals surface area contributed by atoms with Crippen LogP contribution in [0.1, 0.15) is 71.0 Å². The van der Waals surface area contributed by atoms with Crippen molar-refractivity contribution in [1.29, 1.82) is 0 Å². The van der Waals surface area contributed by atoms with E-state index in [0.29, 0.717) is 0 Å². The second-order valence-corrected chi connectivity index (χ2v) is 14.6. The quantitative estimate of drug-likeness (QED) is 0.196. The summed E-state index contributed by atoms with van der Waals surface area (Å²) in [5.74, 6) is 1.70. The Bertz CT molecular complexity index is 2100. The number of aryl methyl sites for hydroxylation is 2. The van der Waals surface area contributed by atoms with Crippen LogP contribution >= 0.6 is 0 Å². The van der Waals surface area contributed by atoms with Crippen LogP contribution in [0.25, 0.3) is 28.0 Å². The normalized spacial score (nSPS) is 20.3. The van der Waals surface area contributed by atoms with Gasteiger partial charge in [-0.05, 0) is 90.7 Å². The van der Waals surface area contributed by atoms with Crippen molar-refractivity contribution in [1.82, 2.24) is 0 Å². The highest BCUT2D eigenvalue weighted by Crippen LogP contribution is 2.62. The van der Waals surface area contributed by atoms with Gasteiger partial charge < -0.3 is 24.2 Å². The summed E-state index contributed by atoms with van der Waals surface area (Å²) in [6.45, 7) is 7.94. The lowest BCUT2D eigenvalue weighted by atomic mass is 9.66. The molecule has 1 saturated heterocycles. The minimum atomic E-state index is -0.862. The van der Waals surface area contributed by atoms with Crippen LogP contribution in [0.3, 0.4) is 0 Å². The predicted octanol–water partition coefficient (Wildman–Crippen LogP) is 9.24. The third-order valence-electron chi connectivity index (χ3n) is 11.7. The molecular formula is C45H45NO4. The van der Waals surface area contributed by atoms with E-state index in [1.807, 2.05) is 12.1 Å². The van der Waals surface area contributed by atoms with Gasteiger partial charge in [-0.2, -0.15) is 0 Å². The number of benzene rings is 5. The molecule has 0 aromatic heterocycles. The monoisotopic (exact) mass is 663 g/mol. The van der Waals surface area contributed by atoms with Gasteiger partial charge in [0.05, 0.1) is 19.8 Å². The van der Waals surface area contributed by atoms with Gasteiger partial charge in [0.1, 0.15) is 18.1 Å². The second kappa shape index (κ2) is 12.3. The Morgan fingerprint density at radius 3 is 2.22 bits per heavy atom. The first-order chi connectivity index (χ1) is 24.5. The van der Waals surface area contributed by atoms with Crippen molar-refractivity contribution in [3.05, 3.63) is 130 Å². The molecule has 5 heteroatoms. The van der Waals surface area contributed by atoms with E-state index in [0.717, 1.165) is 61.8 Å². The third-order valence-corrected chi connectivity index (χ3v) is 11.7. The molecule has 5 nitrogen and oxygen atoms in total. The first kappa shape index (κ1) is 31.4. The molecule has 1 saturated carbocycles. The van der Waals surface area contributed by atoms with Gasteiger partial charge in [-0.3, -0.25) is 0 Å². The molecule has 0 radical (unpaired) electrons. The maximum atomic E-state index is 9.36. The van der Waals surface area contributed by atoms with Gasteiger partial charge in [-0.25, -0.2) is 0 Å². The fourth-order valence-corrected chi connectivity index (χ4v) is 9.30. The van der Waals surface area contributed by atoms with E-state index in [9.17, 15) is 5.11 Å². The van der Waals surface area contributed by atoms with Crippen LogP contribution in [-0.2, 0) is 15.8 Å². The number of ether oxygens (including phenoxy) is 3. The molecule has 254 valence electrons. The Labute approximate surface area is 295 Å². The molecule has 2 fully saturated rings. The summed E-state index contributed by atoms with van der Waals surface area (Å²) < 4.78 is 19.1. The van der Waals surface area contributed by atoms with E-state index in [-0.39, 0.29) is 18.6 Å². The van der Waals surface area contributed by atoms with E-state index in [1.165, 1.54) is 74.7 Å². The van der Waals surface area contributed by atoms with Crippen LogP contribution in [0, 0.1) is 13.8 Å². The van der Waals surface area contributed by atoms with Crippen LogP contribution in [0.2, 0.25) is 0 Å². The molecule has 1 unspecified atom stereocenters. The summed E-state index contributed by atoms with van der Waals surface area (Å²) in [7, 11) is 0. The maximum Gasteiger partial charge on any atom is 0.178 e. The van der Waals surface area contributed by atoms with E-state index in [2.05, 4.69) is 104 Å². The van der Waals surface area contributed by atoms with Gasteiger partial charge in [0.2, 0.25) is 0 Å². The summed E-state index contributed by atoms with van der Waals surface area (Å²) in [5, 5.41) is 11.8. The van der Waals surface area contributed by atoms with Gasteiger partial charge >= 0.3 is 0 Å². The molecule has 2 aliphatic carbocycles. The van der Waals surface area contributed by atoms with E-state index in [1.54, 1.807) is 0 Å². The minimum Gasteiger partial charge on any atom is -0.491 e. The van der Waals surface area contributed by atoms with Crippen LogP contribution in [0.5, 0.6) is 11.5 Å². The van der Waals surface area contributed by atoms with Crippen LogP contribution in [0.4, 0.5) is 5.69 Å². The highest BCUT2D eigenvalue weighted by atomic mass is 16.5. The van der Waals surface area contributed by atoms with Gasteiger partial charge in [0.15, 0.2) is 5.60 Å². The van der Waals surface area contributed by atoms with Gasteiger partial charge in [-0.1, -0.05) is 91.1 Å². The Hall–Kier alpha value is -4.58. The number of morpholine rings is 1. The molecule has 9 rings (SSSR count). The van der Waals surface area contributed by atoms with E-state index >= 15 is 0 Å². The molecule has 2 heterocycles.